The van der Waals surface area contributed by atoms with Crippen molar-refractivity contribution in [2.24, 2.45) is 5.92 Å². The predicted octanol–water partition coefficient (Wildman–Crippen LogP) is 2.20. The van der Waals surface area contributed by atoms with Crippen LogP contribution in [0.1, 0.15) is 26.7 Å². The molecule has 1 atom stereocenters. The summed E-state index contributed by atoms with van der Waals surface area (Å²) >= 11 is 1.45. The molecule has 1 aromatic rings. The molecule has 1 N–H and O–H groups in total. The molecule has 17 heavy (non-hydrogen) atoms. The summed E-state index contributed by atoms with van der Waals surface area (Å²) in [4.78, 5) is 18.3. The van der Waals surface area contributed by atoms with Crippen LogP contribution in [-0.2, 0) is 4.79 Å². The molecule has 0 saturated carbocycles. The van der Waals surface area contributed by atoms with Crippen LogP contribution < -0.4 is 5.32 Å². The van der Waals surface area contributed by atoms with Crippen LogP contribution in [0, 0.1) is 5.92 Å². The molecule has 2 rings (SSSR count). The zero-order valence-electron chi connectivity index (χ0n) is 10.3. The van der Waals surface area contributed by atoms with Crippen LogP contribution in [-0.4, -0.2) is 34.9 Å². The molecule has 4 nitrogen and oxygen atoms in total. The third kappa shape index (κ3) is 3.26. The van der Waals surface area contributed by atoms with Crippen molar-refractivity contribution in [3.8, 4) is 0 Å². The highest BCUT2D eigenvalue weighted by Crippen LogP contribution is 2.19. The minimum absolute atomic E-state index is 0.0505. The van der Waals surface area contributed by atoms with Crippen LogP contribution in [0.4, 0.5) is 5.13 Å². The van der Waals surface area contributed by atoms with Gasteiger partial charge in [-0.3, -0.25) is 9.69 Å². The Morgan fingerprint density at radius 2 is 2.29 bits per heavy atom. The molecule has 2 heterocycles. The van der Waals surface area contributed by atoms with Gasteiger partial charge in [0, 0.05) is 11.6 Å². The van der Waals surface area contributed by atoms with E-state index in [0.717, 1.165) is 19.0 Å². The molecule has 1 aliphatic heterocycles. The minimum Gasteiger partial charge on any atom is -0.301 e. The van der Waals surface area contributed by atoms with E-state index in [1.54, 1.807) is 6.20 Å². The van der Waals surface area contributed by atoms with Gasteiger partial charge in [0.25, 0.3) is 0 Å². The number of aromatic nitrogens is 1. The fourth-order valence-corrected chi connectivity index (χ4v) is 2.61. The van der Waals surface area contributed by atoms with E-state index in [4.69, 9.17) is 0 Å². The normalized spacial score (nSPS) is 20.1. The monoisotopic (exact) mass is 253 g/mol. The largest absolute Gasteiger partial charge is 0.301 e. The molecule has 1 fully saturated rings. The van der Waals surface area contributed by atoms with Crippen LogP contribution in [0.25, 0.3) is 0 Å². The number of likely N-dealkylation sites (tertiary alicyclic amines) is 1. The summed E-state index contributed by atoms with van der Waals surface area (Å²) in [5.41, 5.74) is 0. The van der Waals surface area contributed by atoms with Crippen molar-refractivity contribution in [1.82, 2.24) is 9.88 Å². The Hall–Kier alpha value is -0.940. The van der Waals surface area contributed by atoms with Gasteiger partial charge in [-0.05, 0) is 38.8 Å². The Morgan fingerprint density at radius 3 is 2.88 bits per heavy atom. The Kier molecular flexibility index (Phi) is 4.12. The summed E-state index contributed by atoms with van der Waals surface area (Å²) in [7, 11) is 0. The second-order valence-corrected chi connectivity index (χ2v) is 5.62. The molecule has 1 aliphatic rings. The van der Waals surface area contributed by atoms with Gasteiger partial charge in [-0.1, -0.05) is 6.92 Å². The third-order valence-corrected chi connectivity index (χ3v) is 4.10. The predicted molar refractivity (Wildman–Crippen MR) is 70.2 cm³/mol. The molecule has 94 valence electrons. The number of nitrogens with zero attached hydrogens (tertiary/aromatic N) is 2. The Bertz CT molecular complexity index is 358. The van der Waals surface area contributed by atoms with Crippen molar-refractivity contribution in [2.75, 3.05) is 18.4 Å². The molecule has 1 aromatic heterocycles. The Morgan fingerprint density at radius 1 is 1.59 bits per heavy atom. The number of rotatable bonds is 3. The lowest BCUT2D eigenvalue weighted by Gasteiger charge is -2.33. The van der Waals surface area contributed by atoms with Crippen molar-refractivity contribution in [1.29, 1.82) is 0 Å². The summed E-state index contributed by atoms with van der Waals surface area (Å²) in [6.45, 7) is 6.29. The van der Waals surface area contributed by atoms with Gasteiger partial charge in [-0.2, -0.15) is 0 Å². The molecular formula is C12H19N3OS. The van der Waals surface area contributed by atoms with Gasteiger partial charge >= 0.3 is 0 Å². The van der Waals surface area contributed by atoms with Crippen LogP contribution >= 0.6 is 11.3 Å². The highest BCUT2D eigenvalue weighted by atomic mass is 32.1. The average Bonchev–Trinajstić information content (AvgIpc) is 2.82. The number of nitrogens with one attached hydrogen (secondary N) is 1. The minimum atomic E-state index is -0.0635. The summed E-state index contributed by atoms with van der Waals surface area (Å²) < 4.78 is 0. The van der Waals surface area contributed by atoms with Gasteiger partial charge in [-0.15, -0.1) is 11.3 Å². The molecule has 0 spiro atoms. The van der Waals surface area contributed by atoms with Gasteiger partial charge < -0.3 is 5.32 Å². The number of piperidine rings is 1. The molecule has 0 aromatic carbocycles. The number of amides is 1. The first kappa shape index (κ1) is 12.5. The topological polar surface area (TPSA) is 45.2 Å². The third-order valence-electron chi connectivity index (χ3n) is 3.41. The lowest BCUT2D eigenvalue weighted by atomic mass is 9.98. The van der Waals surface area contributed by atoms with Crippen LogP contribution in [0.15, 0.2) is 11.6 Å². The number of anilines is 1. The van der Waals surface area contributed by atoms with Gasteiger partial charge in [0.05, 0.1) is 6.04 Å². The standard InChI is InChI=1S/C12H19N3OS/c1-9-3-6-15(7-4-9)10(2)11(16)14-12-13-5-8-17-12/h5,8-10H,3-4,6-7H2,1-2H3,(H,13,14,16)/t10-/m1/s1. The summed E-state index contributed by atoms with van der Waals surface area (Å²) in [6, 6.07) is -0.0635. The van der Waals surface area contributed by atoms with Crippen molar-refractivity contribution in [2.45, 2.75) is 32.7 Å². The molecule has 0 unspecified atom stereocenters. The lowest BCUT2D eigenvalue weighted by Crippen LogP contribution is -2.45. The van der Waals surface area contributed by atoms with Gasteiger partial charge in [0.15, 0.2) is 5.13 Å². The van der Waals surface area contributed by atoms with Crippen LogP contribution in [0.3, 0.4) is 0 Å². The number of carbonyl (C=O) groups is 1. The molecule has 5 heteroatoms. The number of hydrogen-bond acceptors (Lipinski definition) is 4. The van der Waals surface area contributed by atoms with Gasteiger partial charge in [-0.25, -0.2) is 4.98 Å². The fraction of sp³-hybridized carbons (Fsp3) is 0.667. The number of hydrogen-bond donors (Lipinski definition) is 1. The van der Waals surface area contributed by atoms with Gasteiger partial charge in [0.1, 0.15) is 0 Å². The molecular weight excluding hydrogens is 234 g/mol. The molecule has 1 saturated heterocycles. The first-order chi connectivity index (χ1) is 8.16. The van der Waals surface area contributed by atoms with Crippen molar-refractivity contribution in [3.63, 3.8) is 0 Å². The van der Waals surface area contributed by atoms with Crippen LogP contribution in [0.5, 0.6) is 0 Å². The van der Waals surface area contributed by atoms with E-state index >= 15 is 0 Å². The molecule has 0 bridgehead atoms. The van der Waals surface area contributed by atoms with E-state index in [1.165, 1.54) is 24.2 Å². The molecule has 1 amide bonds. The Balaban J connectivity index is 1.86. The smallest absolute Gasteiger partial charge is 0.243 e. The van der Waals surface area contributed by atoms with E-state index in [1.807, 2.05) is 12.3 Å². The number of thiazole rings is 1. The number of carbonyl (C=O) groups excluding carboxylic acids is 1. The van der Waals surface area contributed by atoms with Crippen molar-refractivity contribution in [3.05, 3.63) is 11.6 Å². The molecule has 0 radical (unpaired) electrons. The van der Waals surface area contributed by atoms with E-state index in [-0.39, 0.29) is 11.9 Å². The highest BCUT2D eigenvalue weighted by Gasteiger charge is 2.25. The van der Waals surface area contributed by atoms with Crippen molar-refractivity contribution >= 4 is 22.4 Å². The first-order valence-corrected chi connectivity index (χ1v) is 6.99. The maximum atomic E-state index is 12.0. The second-order valence-electron chi connectivity index (χ2n) is 4.72. The maximum absolute atomic E-state index is 12.0. The molecule has 0 aliphatic carbocycles. The zero-order valence-corrected chi connectivity index (χ0v) is 11.2. The van der Waals surface area contributed by atoms with E-state index in [2.05, 4.69) is 22.1 Å². The lowest BCUT2D eigenvalue weighted by molar-refractivity contribution is -0.121. The van der Waals surface area contributed by atoms with E-state index in [0.29, 0.717) is 5.13 Å². The van der Waals surface area contributed by atoms with Crippen LogP contribution in [0.2, 0.25) is 0 Å². The van der Waals surface area contributed by atoms with E-state index in [9.17, 15) is 4.79 Å². The second kappa shape index (κ2) is 5.60. The summed E-state index contributed by atoms with van der Waals surface area (Å²) in [5.74, 6) is 0.843. The fourth-order valence-electron chi connectivity index (χ4n) is 2.08. The van der Waals surface area contributed by atoms with Crippen molar-refractivity contribution < 1.29 is 4.79 Å². The first-order valence-electron chi connectivity index (χ1n) is 6.11. The Labute approximate surface area is 106 Å². The van der Waals surface area contributed by atoms with E-state index < -0.39 is 0 Å². The average molecular weight is 253 g/mol. The van der Waals surface area contributed by atoms with Gasteiger partial charge in [0.2, 0.25) is 5.91 Å². The summed E-state index contributed by atoms with van der Waals surface area (Å²) in [5, 5.41) is 5.41. The zero-order chi connectivity index (χ0) is 12.3. The SMILES string of the molecule is CC1CCN([C@H](C)C(=O)Nc2nccs2)CC1. The maximum Gasteiger partial charge on any atom is 0.243 e. The quantitative estimate of drug-likeness (QED) is 0.898. The highest BCUT2D eigenvalue weighted by molar-refractivity contribution is 7.13. The summed E-state index contributed by atoms with van der Waals surface area (Å²) in [6.07, 6.45) is 4.08.